The van der Waals surface area contributed by atoms with E-state index in [4.69, 9.17) is 0 Å². The molecule has 0 radical (unpaired) electrons. The van der Waals surface area contributed by atoms with Crippen LogP contribution in [0, 0.1) is 18.1 Å². The van der Waals surface area contributed by atoms with Crippen LogP contribution in [0.25, 0.3) is 27.1 Å². The van der Waals surface area contributed by atoms with E-state index in [0.29, 0.717) is 5.92 Å². The number of alkyl halides is 3. The fourth-order valence-corrected chi connectivity index (χ4v) is 5.27. The number of benzene rings is 4. The van der Waals surface area contributed by atoms with Crippen LogP contribution < -0.4 is 24.8 Å². The van der Waals surface area contributed by atoms with E-state index in [1.54, 1.807) is 0 Å². The Bertz CT molecular complexity index is 1720. The molecule has 1 unspecified atom stereocenters. The zero-order valence-corrected chi connectivity index (χ0v) is 33.0. The summed E-state index contributed by atoms with van der Waals surface area (Å²) in [7, 11) is 0. The van der Waals surface area contributed by atoms with Gasteiger partial charge in [-0.15, -0.1) is 45.3 Å². The fraction of sp³-hybridized carbons (Fsp3) is 0.286. The number of rotatable bonds is 1. The van der Waals surface area contributed by atoms with Gasteiger partial charge >= 0.3 is 34.6 Å². The predicted octanol–water partition coefficient (Wildman–Crippen LogP) is 6.25. The molecule has 0 fully saturated rings. The Labute approximate surface area is 313 Å². The standard InChI is InChI=1S/C21H25.C13H13.C7H4F3.CH2.2ClH.Zr/c1-20(2,3)16-9-7-14-11-15-8-10-17(21(4,5)6)13-19(15)18(14)12-16;1-10-8-11(2)13(9-10)12-6-4-3-5-7-12;8-7(9,10)6-4-2-1-3-5-6;;;;/h7-13H,1-6H3;3-7,9-10H,1-2H3;2-5H;1H2;2*1H;/q3*-1;;;;+2/p-2. The van der Waals surface area contributed by atoms with Crippen molar-refractivity contribution in [3.63, 3.8) is 0 Å². The normalized spacial score (nSPS) is 14.1. The molecule has 6 rings (SSSR count). The molecule has 0 amide bonds. The van der Waals surface area contributed by atoms with Crippen molar-refractivity contribution >= 4 is 31.3 Å². The first kappa shape index (κ1) is 43.4. The summed E-state index contributed by atoms with van der Waals surface area (Å²) in [4.78, 5) is 0. The van der Waals surface area contributed by atoms with Crippen molar-refractivity contribution in [2.24, 2.45) is 5.92 Å². The summed E-state index contributed by atoms with van der Waals surface area (Å²) in [5.74, 6) is 0.468. The van der Waals surface area contributed by atoms with E-state index in [-0.39, 0.29) is 35.6 Å². The number of halogens is 5. The number of hydrogen-bond donors (Lipinski definition) is 0. The van der Waals surface area contributed by atoms with Gasteiger partial charge < -0.3 is 24.8 Å². The molecule has 0 aliphatic heterocycles. The topological polar surface area (TPSA) is 0 Å². The second-order valence-corrected chi connectivity index (χ2v) is 13.5. The van der Waals surface area contributed by atoms with E-state index in [1.165, 1.54) is 85.7 Å². The summed E-state index contributed by atoms with van der Waals surface area (Å²) in [5, 5.41) is 5.49. The van der Waals surface area contributed by atoms with Crippen molar-refractivity contribution in [2.45, 2.75) is 72.4 Å². The number of allylic oxidation sites excluding steroid dienone is 4. The molecule has 6 heteroatoms. The van der Waals surface area contributed by atoms with Crippen LogP contribution in [0.4, 0.5) is 13.2 Å². The summed E-state index contributed by atoms with van der Waals surface area (Å²) in [6.45, 7) is 18.0. The smallest absolute Gasteiger partial charge is 1.00 e. The Balaban J connectivity index is 0.000000369. The van der Waals surface area contributed by atoms with Crippen molar-refractivity contribution in [1.82, 2.24) is 0 Å². The van der Waals surface area contributed by atoms with E-state index in [0.717, 1.165) is 12.1 Å². The van der Waals surface area contributed by atoms with Gasteiger partial charge in [-0.25, -0.2) is 5.57 Å². The first-order valence-electron chi connectivity index (χ1n) is 15.4. The molecule has 0 spiro atoms. The van der Waals surface area contributed by atoms with Gasteiger partial charge in [-0.3, -0.25) is 6.08 Å². The van der Waals surface area contributed by atoms with E-state index in [1.807, 2.05) is 6.07 Å². The van der Waals surface area contributed by atoms with Crippen LogP contribution >= 0.6 is 0 Å². The van der Waals surface area contributed by atoms with E-state index >= 15 is 0 Å². The zero-order valence-electron chi connectivity index (χ0n) is 29.0. The summed E-state index contributed by atoms with van der Waals surface area (Å²) < 4.78 is 38.7. The Kier molecular flexibility index (Phi) is 16.6. The summed E-state index contributed by atoms with van der Waals surface area (Å²) >= 11 is 1.30. The molecule has 1 aliphatic rings. The van der Waals surface area contributed by atoms with Gasteiger partial charge in [-0.2, -0.15) is 55.2 Å². The fourth-order valence-electron chi connectivity index (χ4n) is 5.27. The molecule has 0 N–H and O–H groups in total. The molecule has 5 aromatic carbocycles. The Morgan fingerprint density at radius 2 is 1.15 bits per heavy atom. The largest absolute Gasteiger partial charge is 1.00 e. The molecule has 0 nitrogen and oxygen atoms in total. The molecule has 0 saturated carbocycles. The molecule has 5 aromatic rings. The van der Waals surface area contributed by atoms with Crippen LogP contribution in [0.15, 0.2) is 109 Å². The first-order chi connectivity index (χ1) is 21.5. The molecule has 0 bridgehead atoms. The van der Waals surface area contributed by atoms with Gasteiger partial charge in [0.25, 0.3) is 0 Å². The van der Waals surface area contributed by atoms with E-state index < -0.39 is 11.7 Å². The average molecular weight is 768 g/mol. The van der Waals surface area contributed by atoms with Crippen molar-refractivity contribution in [2.75, 3.05) is 0 Å². The summed E-state index contributed by atoms with van der Waals surface area (Å²) in [5.41, 5.74) is 6.49. The van der Waals surface area contributed by atoms with Crippen molar-refractivity contribution in [1.29, 1.82) is 0 Å². The maximum absolute atomic E-state index is 11.8. The number of fused-ring (bicyclic) bond motifs is 3. The Morgan fingerprint density at radius 1 is 0.688 bits per heavy atom. The van der Waals surface area contributed by atoms with Crippen LogP contribution in [-0.2, 0) is 41.2 Å². The molecule has 254 valence electrons. The predicted molar refractivity (Wildman–Crippen MR) is 188 cm³/mol. The Morgan fingerprint density at radius 3 is 1.50 bits per heavy atom. The SMILES string of the molecule is CC(C)(C)c1ccc2[cH-]c3ccc(C(C)(C)C)cc3c2c1.CC1=[C-]C(C)C=C1c1ccccc1.FC(F)(F)c1cc[c-]cc1.[CH2]=[Zr+2].[Cl-].[Cl-]. The average Bonchev–Trinajstić information content (AvgIpc) is 3.56. The molecule has 1 aliphatic carbocycles. The minimum absolute atomic E-state index is 0. The molecular formula is C42H44Cl2F3Zr-3. The van der Waals surface area contributed by atoms with Gasteiger partial charge in [0.2, 0.25) is 0 Å². The molecule has 48 heavy (non-hydrogen) atoms. The van der Waals surface area contributed by atoms with Gasteiger partial charge in [0.1, 0.15) is 0 Å². The molecule has 0 aromatic heterocycles. The molecule has 1 atom stereocenters. The quantitative estimate of drug-likeness (QED) is 0.177. The third-order valence-corrected chi connectivity index (χ3v) is 7.84. The van der Waals surface area contributed by atoms with E-state index in [9.17, 15) is 13.2 Å². The van der Waals surface area contributed by atoms with Crippen LogP contribution in [0.5, 0.6) is 0 Å². The van der Waals surface area contributed by atoms with Crippen LogP contribution in [-0.4, -0.2) is 4.21 Å². The molecule has 0 heterocycles. The monoisotopic (exact) mass is 765 g/mol. The van der Waals surface area contributed by atoms with Crippen molar-refractivity contribution < 1.29 is 62.2 Å². The minimum Gasteiger partial charge on any atom is -1.00 e. The van der Waals surface area contributed by atoms with Gasteiger partial charge in [0.05, 0.1) is 0 Å². The van der Waals surface area contributed by atoms with E-state index in [2.05, 4.69) is 145 Å². The van der Waals surface area contributed by atoms with Gasteiger partial charge in [-0.1, -0.05) is 133 Å². The van der Waals surface area contributed by atoms with Gasteiger partial charge in [-0.05, 0) is 10.8 Å². The maximum atomic E-state index is 11.8. The number of hydrogen-bond acceptors (Lipinski definition) is 0. The summed E-state index contributed by atoms with van der Waals surface area (Å²) in [6.07, 6.45) is 1.43. The van der Waals surface area contributed by atoms with Crippen LogP contribution in [0.1, 0.15) is 77.6 Å². The van der Waals surface area contributed by atoms with Gasteiger partial charge in [0, 0.05) is 0 Å². The maximum Gasteiger partial charge on any atom is -1.00 e. The zero-order chi connectivity index (χ0) is 34.3. The van der Waals surface area contributed by atoms with Crippen molar-refractivity contribution in [3.8, 4) is 0 Å². The minimum atomic E-state index is -4.23. The third kappa shape index (κ3) is 11.8. The molecular weight excluding hydrogens is 724 g/mol. The van der Waals surface area contributed by atoms with Crippen molar-refractivity contribution in [3.05, 3.63) is 143 Å². The first-order valence-corrected chi connectivity index (χ1v) is 17.2. The van der Waals surface area contributed by atoms with Gasteiger partial charge in [0.15, 0.2) is 0 Å². The third-order valence-electron chi connectivity index (χ3n) is 7.84. The second kappa shape index (κ2) is 18.4. The van der Waals surface area contributed by atoms with Crippen LogP contribution in [0.2, 0.25) is 0 Å². The second-order valence-electron chi connectivity index (χ2n) is 13.5. The summed E-state index contributed by atoms with van der Waals surface area (Å²) in [6, 6.07) is 33.6. The molecule has 0 saturated heterocycles. The Hall–Kier alpha value is -2.65. The van der Waals surface area contributed by atoms with Crippen LogP contribution in [0.3, 0.4) is 0 Å².